The van der Waals surface area contributed by atoms with Crippen molar-refractivity contribution in [2.24, 2.45) is 0 Å². The lowest BCUT2D eigenvalue weighted by Crippen LogP contribution is -2.25. The molecule has 0 unspecified atom stereocenters. The summed E-state index contributed by atoms with van der Waals surface area (Å²) in [7, 11) is 0. The molecule has 4 nitrogen and oxygen atoms in total. The van der Waals surface area contributed by atoms with Gasteiger partial charge in [-0.1, -0.05) is 184 Å². The second-order valence-corrected chi connectivity index (χ2v) is 19.1. The van der Waals surface area contributed by atoms with E-state index in [4.69, 9.17) is 26.6 Å². The number of benzene rings is 9. The summed E-state index contributed by atoms with van der Waals surface area (Å²) < 4.78 is 2.51. The Kier molecular flexibility index (Phi) is 6.99. The van der Waals surface area contributed by atoms with Crippen LogP contribution in [0.2, 0.25) is 5.28 Å². The van der Waals surface area contributed by atoms with Gasteiger partial charge in [0.25, 0.3) is 0 Å². The van der Waals surface area contributed by atoms with Crippen molar-refractivity contribution in [2.45, 2.75) is 24.7 Å². The molecule has 1 spiro atoms. The minimum absolute atomic E-state index is 0.164. The molecule has 0 bridgehead atoms. The van der Waals surface area contributed by atoms with Crippen LogP contribution in [0.1, 0.15) is 47.2 Å². The first-order chi connectivity index (χ1) is 32.4. The van der Waals surface area contributed by atoms with Crippen molar-refractivity contribution < 1.29 is 0 Å². The second kappa shape index (κ2) is 12.7. The summed E-state index contributed by atoms with van der Waals surface area (Å²) in [6, 6.07) is 69.1. The average Bonchev–Trinajstić information content (AvgIpc) is 4.01. The van der Waals surface area contributed by atoms with Crippen LogP contribution in [0.25, 0.3) is 106 Å². The number of hydrogen-bond donors (Lipinski definition) is 0. The number of aromatic nitrogens is 4. The van der Waals surface area contributed by atoms with Crippen molar-refractivity contribution in [3.05, 3.63) is 227 Å². The van der Waals surface area contributed by atoms with Gasteiger partial charge in [0.15, 0.2) is 11.6 Å². The largest absolute Gasteiger partial charge is 0.308 e. The molecule has 0 atom stereocenters. The topological polar surface area (TPSA) is 43.6 Å². The molecule has 0 saturated carbocycles. The van der Waals surface area contributed by atoms with Gasteiger partial charge in [-0.2, -0.15) is 9.97 Å². The Morgan fingerprint density at radius 1 is 0.409 bits per heavy atom. The van der Waals surface area contributed by atoms with Crippen molar-refractivity contribution in [3.8, 4) is 84.1 Å². The molecule has 66 heavy (non-hydrogen) atoms. The lowest BCUT2D eigenvalue weighted by molar-refractivity contribution is 0.662. The van der Waals surface area contributed by atoms with Gasteiger partial charge < -0.3 is 4.57 Å². The zero-order valence-corrected chi connectivity index (χ0v) is 36.8. The summed E-state index contributed by atoms with van der Waals surface area (Å²) in [6.07, 6.45) is 0. The van der Waals surface area contributed by atoms with Gasteiger partial charge in [0.05, 0.1) is 22.1 Å². The van der Waals surface area contributed by atoms with Crippen molar-refractivity contribution >= 4 is 33.4 Å². The molecule has 308 valence electrons. The third-order valence-electron chi connectivity index (χ3n) is 15.3. The Morgan fingerprint density at radius 3 is 1.68 bits per heavy atom. The zero-order valence-electron chi connectivity index (χ0n) is 36.1. The smallest absolute Gasteiger partial charge is 0.226 e. The average molecular weight is 861 g/mol. The van der Waals surface area contributed by atoms with E-state index in [2.05, 4.69) is 206 Å². The molecule has 0 saturated heterocycles. The van der Waals surface area contributed by atoms with E-state index in [1.54, 1.807) is 0 Å². The standard InChI is InChI=1S/C61H37ClN4/c1-60(2)50-32-30-44-42-17-7-12-22-52(42)66-51-21-11-6-16-41(51)43-29-28-37(55(60)53(43)54(50)56(44)66)34-23-25-35(26-24-34)57-63-58(65-59(62)64-57)36-27-31-49-45(33-36)40-15-5-10-20-48(40)61(49)46-18-8-3-13-38(46)39-14-4-9-19-47(39)61/h3-33H,1-2H3. The van der Waals surface area contributed by atoms with Gasteiger partial charge >= 0.3 is 0 Å². The number of nitrogens with zero attached hydrogens (tertiary/aromatic N) is 4. The van der Waals surface area contributed by atoms with E-state index in [1.807, 2.05) is 0 Å². The molecule has 0 fully saturated rings. The molecule has 0 N–H and O–H groups in total. The number of halogens is 1. The van der Waals surface area contributed by atoms with Gasteiger partial charge in [0.2, 0.25) is 5.28 Å². The maximum Gasteiger partial charge on any atom is 0.226 e. The maximum absolute atomic E-state index is 6.80. The molecular weight excluding hydrogens is 824 g/mol. The van der Waals surface area contributed by atoms with E-state index in [0.29, 0.717) is 11.6 Å². The molecule has 11 aromatic rings. The van der Waals surface area contributed by atoms with Crippen molar-refractivity contribution in [2.75, 3.05) is 0 Å². The third kappa shape index (κ3) is 4.43. The first-order valence-electron chi connectivity index (χ1n) is 22.7. The Hall–Kier alpha value is -7.92. The lowest BCUT2D eigenvalue weighted by Gasteiger charge is -2.30. The molecule has 0 amide bonds. The van der Waals surface area contributed by atoms with Crippen molar-refractivity contribution in [3.63, 3.8) is 0 Å². The predicted molar refractivity (Wildman–Crippen MR) is 268 cm³/mol. The van der Waals surface area contributed by atoms with Crippen LogP contribution in [0.5, 0.6) is 0 Å². The monoisotopic (exact) mass is 860 g/mol. The third-order valence-corrected chi connectivity index (χ3v) is 15.5. The molecule has 0 radical (unpaired) electrons. The second-order valence-electron chi connectivity index (χ2n) is 18.8. The van der Waals surface area contributed by atoms with Gasteiger partial charge in [0, 0.05) is 38.4 Å². The van der Waals surface area contributed by atoms with Crippen molar-refractivity contribution in [1.29, 1.82) is 0 Å². The van der Waals surface area contributed by atoms with Gasteiger partial charge in [-0.25, -0.2) is 4.98 Å². The molecule has 9 aromatic carbocycles. The van der Waals surface area contributed by atoms with Gasteiger partial charge in [0.1, 0.15) is 0 Å². The minimum Gasteiger partial charge on any atom is -0.308 e. The maximum atomic E-state index is 6.80. The number of rotatable bonds is 3. The summed E-state index contributed by atoms with van der Waals surface area (Å²) in [5.74, 6) is 1.09. The van der Waals surface area contributed by atoms with Gasteiger partial charge in [-0.3, -0.25) is 0 Å². The van der Waals surface area contributed by atoms with Crippen LogP contribution in [0.3, 0.4) is 0 Å². The van der Waals surface area contributed by atoms with Crippen LogP contribution in [-0.2, 0) is 10.8 Å². The van der Waals surface area contributed by atoms with Crippen LogP contribution >= 0.6 is 11.6 Å². The van der Waals surface area contributed by atoms with Crippen LogP contribution in [0.15, 0.2) is 188 Å². The Bertz CT molecular complexity index is 3940. The molecule has 2 aromatic heterocycles. The highest BCUT2D eigenvalue weighted by Crippen LogP contribution is 2.63. The highest BCUT2D eigenvalue weighted by atomic mass is 35.5. The summed E-state index contributed by atoms with van der Waals surface area (Å²) in [4.78, 5) is 14.5. The summed E-state index contributed by atoms with van der Waals surface area (Å²) in [6.45, 7) is 4.78. The first kappa shape index (κ1) is 36.4. The van der Waals surface area contributed by atoms with Crippen LogP contribution < -0.4 is 0 Å². The fourth-order valence-corrected chi connectivity index (χ4v) is 12.9. The summed E-state index contributed by atoms with van der Waals surface area (Å²) in [5.41, 5.74) is 25.4. The molecule has 3 heterocycles. The van der Waals surface area contributed by atoms with Gasteiger partial charge in [-0.15, -0.1) is 0 Å². The number of para-hydroxylation sites is 2. The van der Waals surface area contributed by atoms with Gasteiger partial charge in [-0.05, 0) is 108 Å². The van der Waals surface area contributed by atoms with Crippen LogP contribution in [0, 0.1) is 0 Å². The van der Waals surface area contributed by atoms with Crippen LogP contribution in [0.4, 0.5) is 0 Å². The molecule has 5 heteroatoms. The Balaban J connectivity index is 0.851. The van der Waals surface area contributed by atoms with Crippen molar-refractivity contribution in [1.82, 2.24) is 19.5 Å². The molecule has 3 aliphatic carbocycles. The summed E-state index contributed by atoms with van der Waals surface area (Å²) in [5, 5.41) is 2.74. The number of hydrogen-bond acceptors (Lipinski definition) is 3. The predicted octanol–water partition coefficient (Wildman–Crippen LogP) is 15.3. The fraction of sp³-hybridized carbons (Fsp3) is 0.0656. The fourth-order valence-electron chi connectivity index (χ4n) is 12.7. The van der Waals surface area contributed by atoms with E-state index in [-0.39, 0.29) is 10.7 Å². The molecule has 4 aliphatic rings. The highest BCUT2D eigenvalue weighted by molar-refractivity contribution is 6.28. The lowest BCUT2D eigenvalue weighted by atomic mass is 9.70. The number of fused-ring (bicyclic) bond motifs is 16. The van der Waals surface area contributed by atoms with E-state index < -0.39 is 5.41 Å². The van der Waals surface area contributed by atoms with E-state index in [1.165, 1.54) is 111 Å². The molecule has 15 rings (SSSR count). The van der Waals surface area contributed by atoms with Crippen LogP contribution in [-0.4, -0.2) is 19.5 Å². The molecule has 1 aliphatic heterocycles. The first-order valence-corrected chi connectivity index (χ1v) is 23.1. The molecular formula is C61H37ClN4. The normalized spacial score (nSPS) is 14.5. The van der Waals surface area contributed by atoms with E-state index >= 15 is 0 Å². The zero-order chi connectivity index (χ0) is 43.6. The quantitative estimate of drug-likeness (QED) is 0.178. The van der Waals surface area contributed by atoms with E-state index in [9.17, 15) is 0 Å². The Labute approximate surface area is 386 Å². The SMILES string of the molecule is CC1(C)c2ccc3c4ccccc4n4c3c2-c2c(ccc(-c3ccc(-c5nc(Cl)nc(-c6ccc7c(c6)-c6ccccc6C76c7ccccc7-c7ccccc76)n5)cc3)c21)-c1ccccc1-4. The highest BCUT2D eigenvalue weighted by Gasteiger charge is 2.51. The summed E-state index contributed by atoms with van der Waals surface area (Å²) >= 11 is 6.80. The Morgan fingerprint density at radius 2 is 0.955 bits per heavy atom. The van der Waals surface area contributed by atoms with E-state index in [0.717, 1.165) is 16.7 Å². The minimum atomic E-state index is -0.410.